The van der Waals surface area contributed by atoms with Gasteiger partial charge in [-0.3, -0.25) is 0 Å². The molecule has 20 heavy (non-hydrogen) atoms. The Morgan fingerprint density at radius 1 is 1.45 bits per heavy atom. The van der Waals surface area contributed by atoms with Gasteiger partial charge in [0.25, 0.3) is 0 Å². The number of ether oxygens (including phenoxy) is 1. The fourth-order valence-corrected chi connectivity index (χ4v) is 3.02. The Bertz CT molecular complexity index is 462. The van der Waals surface area contributed by atoms with Gasteiger partial charge < -0.3 is 15.4 Å². The van der Waals surface area contributed by atoms with E-state index in [-0.39, 0.29) is 11.6 Å². The Labute approximate surface area is 127 Å². The van der Waals surface area contributed by atoms with Crippen LogP contribution >= 0.6 is 11.6 Å². The Hall–Kier alpha value is -0.770. The number of nitrogens with zero attached hydrogens (tertiary/aromatic N) is 1. The molecule has 1 aliphatic heterocycles. The van der Waals surface area contributed by atoms with Crippen molar-refractivity contribution in [3.05, 3.63) is 28.8 Å². The first-order valence-corrected chi connectivity index (χ1v) is 7.72. The van der Waals surface area contributed by atoms with Gasteiger partial charge in [-0.1, -0.05) is 30.7 Å². The molecule has 1 aliphatic rings. The fourth-order valence-electron chi connectivity index (χ4n) is 2.73. The summed E-state index contributed by atoms with van der Waals surface area (Å²) in [6, 6.07) is 6.29. The van der Waals surface area contributed by atoms with E-state index in [1.807, 2.05) is 12.1 Å². The molecule has 112 valence electrons. The molecule has 0 aromatic heterocycles. The maximum Gasteiger partial charge on any atom is 0.0694 e. The number of halogens is 1. The van der Waals surface area contributed by atoms with Crippen LogP contribution in [0, 0.1) is 0 Å². The van der Waals surface area contributed by atoms with Gasteiger partial charge in [0.15, 0.2) is 0 Å². The van der Waals surface area contributed by atoms with E-state index in [2.05, 4.69) is 31.7 Å². The molecule has 2 N–H and O–H groups in total. The molecule has 4 heteroatoms. The minimum absolute atomic E-state index is 0.0473. The predicted molar refractivity (Wildman–Crippen MR) is 85.7 cm³/mol. The normalized spacial score (nSPS) is 19.9. The zero-order chi connectivity index (χ0) is 14.8. The van der Waals surface area contributed by atoms with E-state index in [9.17, 15) is 0 Å². The molecule has 1 aromatic carbocycles. The maximum atomic E-state index is 6.49. The van der Waals surface area contributed by atoms with E-state index in [4.69, 9.17) is 22.1 Å². The van der Waals surface area contributed by atoms with Crippen LogP contribution in [0.5, 0.6) is 0 Å². The van der Waals surface area contributed by atoms with Gasteiger partial charge in [-0.05, 0) is 38.3 Å². The average Bonchev–Trinajstić information content (AvgIpc) is 2.39. The molecule has 0 bridgehead atoms. The smallest absolute Gasteiger partial charge is 0.0694 e. The lowest BCUT2D eigenvalue weighted by Crippen LogP contribution is -2.53. The van der Waals surface area contributed by atoms with Gasteiger partial charge >= 0.3 is 0 Å². The second-order valence-electron chi connectivity index (χ2n) is 6.14. The van der Waals surface area contributed by atoms with E-state index >= 15 is 0 Å². The predicted octanol–water partition coefficient (Wildman–Crippen LogP) is 3.24. The average molecular weight is 297 g/mol. The van der Waals surface area contributed by atoms with Crippen LogP contribution in [0.4, 0.5) is 5.69 Å². The summed E-state index contributed by atoms with van der Waals surface area (Å²) in [6.45, 7) is 8.84. The number of para-hydroxylation sites is 1. The molecule has 0 amide bonds. The summed E-state index contributed by atoms with van der Waals surface area (Å²) in [5.74, 6) is 0. The van der Waals surface area contributed by atoms with Crippen molar-refractivity contribution in [3.8, 4) is 0 Å². The second-order valence-corrected chi connectivity index (χ2v) is 6.54. The SMILES string of the molecule is CCC(N)Cc1cccc(Cl)c1N1CCOCC1(C)C. The summed E-state index contributed by atoms with van der Waals surface area (Å²) in [4.78, 5) is 2.37. The van der Waals surface area contributed by atoms with Crippen LogP contribution in [0.2, 0.25) is 5.02 Å². The van der Waals surface area contributed by atoms with Crippen molar-refractivity contribution in [3.63, 3.8) is 0 Å². The van der Waals surface area contributed by atoms with Crippen molar-refractivity contribution >= 4 is 17.3 Å². The minimum Gasteiger partial charge on any atom is -0.377 e. The largest absolute Gasteiger partial charge is 0.377 e. The molecule has 2 rings (SSSR count). The first-order chi connectivity index (χ1) is 9.45. The maximum absolute atomic E-state index is 6.49. The highest BCUT2D eigenvalue weighted by Gasteiger charge is 2.33. The van der Waals surface area contributed by atoms with Crippen LogP contribution in [0.1, 0.15) is 32.8 Å². The van der Waals surface area contributed by atoms with Crippen LogP contribution in [0.3, 0.4) is 0 Å². The molecule has 1 atom stereocenters. The molecule has 0 radical (unpaired) electrons. The van der Waals surface area contributed by atoms with Gasteiger partial charge in [-0.15, -0.1) is 0 Å². The summed E-state index contributed by atoms with van der Waals surface area (Å²) < 4.78 is 5.61. The van der Waals surface area contributed by atoms with Crippen molar-refractivity contribution < 1.29 is 4.74 Å². The fraction of sp³-hybridized carbons (Fsp3) is 0.625. The van der Waals surface area contributed by atoms with E-state index < -0.39 is 0 Å². The molecule has 0 spiro atoms. The molecule has 0 aliphatic carbocycles. The number of hydrogen-bond donors (Lipinski definition) is 1. The van der Waals surface area contributed by atoms with Gasteiger partial charge in [0.1, 0.15) is 0 Å². The number of hydrogen-bond acceptors (Lipinski definition) is 3. The van der Waals surface area contributed by atoms with Crippen molar-refractivity contribution in [2.45, 2.75) is 45.2 Å². The standard InChI is InChI=1S/C16H25ClN2O/c1-4-13(18)10-12-6-5-7-14(17)15(12)19-8-9-20-11-16(19,2)3/h5-7,13H,4,8-11,18H2,1-3H3. The summed E-state index contributed by atoms with van der Waals surface area (Å²) >= 11 is 6.49. The highest BCUT2D eigenvalue weighted by atomic mass is 35.5. The molecule has 1 heterocycles. The molecule has 1 aromatic rings. The Balaban J connectivity index is 2.38. The topological polar surface area (TPSA) is 38.5 Å². The third-order valence-electron chi connectivity index (χ3n) is 3.99. The molecule has 0 saturated carbocycles. The third kappa shape index (κ3) is 3.27. The van der Waals surface area contributed by atoms with Crippen molar-refractivity contribution in [1.82, 2.24) is 0 Å². The second kappa shape index (κ2) is 6.33. The van der Waals surface area contributed by atoms with Gasteiger partial charge in [-0.2, -0.15) is 0 Å². The number of morpholine rings is 1. The van der Waals surface area contributed by atoms with Crippen LogP contribution in [-0.4, -0.2) is 31.3 Å². The summed E-state index contributed by atoms with van der Waals surface area (Å²) in [5.41, 5.74) is 8.46. The van der Waals surface area contributed by atoms with Gasteiger partial charge in [0, 0.05) is 12.6 Å². The minimum atomic E-state index is -0.0473. The van der Waals surface area contributed by atoms with E-state index in [0.717, 1.165) is 43.3 Å². The molecular formula is C16H25ClN2O. The van der Waals surface area contributed by atoms with Crippen molar-refractivity contribution in [1.29, 1.82) is 0 Å². The summed E-state index contributed by atoms with van der Waals surface area (Å²) in [6.07, 6.45) is 1.83. The molecule has 1 saturated heterocycles. The number of rotatable bonds is 4. The molecule has 1 fully saturated rings. The Kier molecular flexibility index (Phi) is 4.95. The van der Waals surface area contributed by atoms with Gasteiger partial charge in [-0.25, -0.2) is 0 Å². The molecule has 3 nitrogen and oxygen atoms in total. The lowest BCUT2D eigenvalue weighted by atomic mass is 9.96. The third-order valence-corrected chi connectivity index (χ3v) is 4.30. The molecule has 1 unspecified atom stereocenters. The van der Waals surface area contributed by atoms with Gasteiger partial charge in [0.05, 0.1) is 29.5 Å². The van der Waals surface area contributed by atoms with Crippen molar-refractivity contribution in [2.24, 2.45) is 5.73 Å². The van der Waals surface area contributed by atoms with Crippen molar-refractivity contribution in [2.75, 3.05) is 24.7 Å². The highest BCUT2D eigenvalue weighted by molar-refractivity contribution is 6.33. The first kappa shape index (κ1) is 15.6. The Morgan fingerprint density at radius 3 is 2.85 bits per heavy atom. The van der Waals surface area contributed by atoms with Crippen LogP contribution < -0.4 is 10.6 Å². The van der Waals surface area contributed by atoms with Gasteiger partial charge in [0.2, 0.25) is 0 Å². The van der Waals surface area contributed by atoms with E-state index in [1.165, 1.54) is 5.56 Å². The van der Waals surface area contributed by atoms with Crippen LogP contribution in [0.15, 0.2) is 18.2 Å². The highest BCUT2D eigenvalue weighted by Crippen LogP contribution is 2.36. The Morgan fingerprint density at radius 2 is 2.20 bits per heavy atom. The molecular weight excluding hydrogens is 272 g/mol. The lowest BCUT2D eigenvalue weighted by molar-refractivity contribution is 0.0643. The van der Waals surface area contributed by atoms with E-state index in [1.54, 1.807) is 0 Å². The summed E-state index contributed by atoms with van der Waals surface area (Å²) in [5, 5.41) is 0.806. The number of anilines is 1. The quantitative estimate of drug-likeness (QED) is 0.927. The zero-order valence-electron chi connectivity index (χ0n) is 12.7. The number of nitrogens with two attached hydrogens (primary N) is 1. The number of benzene rings is 1. The summed E-state index contributed by atoms with van der Waals surface area (Å²) in [7, 11) is 0. The monoisotopic (exact) mass is 296 g/mol. The first-order valence-electron chi connectivity index (χ1n) is 7.34. The lowest BCUT2D eigenvalue weighted by Gasteiger charge is -2.45. The van der Waals surface area contributed by atoms with E-state index in [0.29, 0.717) is 0 Å². The zero-order valence-corrected chi connectivity index (χ0v) is 13.4. The van der Waals surface area contributed by atoms with Crippen LogP contribution in [-0.2, 0) is 11.2 Å². The van der Waals surface area contributed by atoms with Crippen LogP contribution in [0.25, 0.3) is 0 Å².